The third kappa shape index (κ3) is 3.46. The van der Waals surface area contributed by atoms with Crippen LogP contribution in [-0.4, -0.2) is 35.1 Å². The number of hydrogen-bond donors (Lipinski definition) is 1. The van der Waals surface area contributed by atoms with Gasteiger partial charge < -0.3 is 10.0 Å². The van der Waals surface area contributed by atoms with Gasteiger partial charge in [-0.15, -0.1) is 0 Å². The van der Waals surface area contributed by atoms with E-state index in [-0.39, 0.29) is 23.5 Å². The van der Waals surface area contributed by atoms with Gasteiger partial charge in [-0.1, -0.05) is 53.9 Å². The molecule has 0 spiro atoms. The van der Waals surface area contributed by atoms with E-state index in [4.69, 9.17) is 0 Å². The Balaban J connectivity index is 1.53. The van der Waals surface area contributed by atoms with Gasteiger partial charge in [0.1, 0.15) is 0 Å². The molecule has 1 amide bonds. The van der Waals surface area contributed by atoms with E-state index in [1.54, 1.807) is 0 Å². The average Bonchev–Trinajstić information content (AvgIpc) is 3.03. The van der Waals surface area contributed by atoms with Crippen LogP contribution >= 0.6 is 0 Å². The second-order valence-electron chi connectivity index (χ2n) is 12.7. The van der Waals surface area contributed by atoms with Crippen molar-refractivity contribution in [2.45, 2.75) is 111 Å². The van der Waals surface area contributed by atoms with Crippen LogP contribution in [0.4, 0.5) is 0 Å². The SMILES string of the molecule is CC(C)CCC[C@@H](C)[C@H]1CC[C@H]2[C@@H]3[C@@H](O)C[C@H]4N(C)C(=O)CC[C@]4(C)[C@H]3CC[C@]12C. The highest BCUT2D eigenvalue weighted by atomic mass is 16.3. The summed E-state index contributed by atoms with van der Waals surface area (Å²) in [4.78, 5) is 14.4. The van der Waals surface area contributed by atoms with Crippen molar-refractivity contribution in [3.8, 4) is 0 Å². The summed E-state index contributed by atoms with van der Waals surface area (Å²) in [5, 5.41) is 11.4. The van der Waals surface area contributed by atoms with Crippen LogP contribution in [0.3, 0.4) is 0 Å². The lowest BCUT2D eigenvalue weighted by Gasteiger charge is -2.63. The molecule has 9 atom stereocenters. The summed E-state index contributed by atoms with van der Waals surface area (Å²) in [6.07, 6.45) is 11.6. The first-order valence-corrected chi connectivity index (χ1v) is 13.0. The fourth-order valence-electron chi connectivity index (χ4n) is 9.11. The van der Waals surface area contributed by atoms with Gasteiger partial charge in [0.05, 0.1) is 6.10 Å². The Kier molecular flexibility index (Phi) is 6.10. The van der Waals surface area contributed by atoms with Crippen LogP contribution in [-0.2, 0) is 4.79 Å². The lowest BCUT2D eigenvalue weighted by atomic mass is 9.45. The van der Waals surface area contributed by atoms with E-state index < -0.39 is 0 Å². The summed E-state index contributed by atoms with van der Waals surface area (Å²) in [7, 11) is 1.98. The lowest BCUT2D eigenvalue weighted by Crippen LogP contribution is -2.64. The maximum absolute atomic E-state index is 12.4. The zero-order valence-corrected chi connectivity index (χ0v) is 20.5. The second kappa shape index (κ2) is 8.09. The Bertz CT molecular complexity index is 647. The van der Waals surface area contributed by atoms with Gasteiger partial charge in [0, 0.05) is 19.5 Å². The second-order valence-corrected chi connectivity index (χ2v) is 12.7. The van der Waals surface area contributed by atoms with Gasteiger partial charge in [-0.3, -0.25) is 4.79 Å². The molecule has 3 heteroatoms. The van der Waals surface area contributed by atoms with Crippen molar-refractivity contribution in [1.82, 2.24) is 4.90 Å². The zero-order chi connectivity index (χ0) is 21.8. The molecule has 4 rings (SSSR count). The van der Waals surface area contributed by atoms with E-state index in [1.165, 1.54) is 44.9 Å². The molecule has 0 unspecified atom stereocenters. The van der Waals surface area contributed by atoms with Crippen molar-refractivity contribution in [3.63, 3.8) is 0 Å². The van der Waals surface area contributed by atoms with Gasteiger partial charge in [0.2, 0.25) is 5.91 Å². The van der Waals surface area contributed by atoms with Crippen molar-refractivity contribution >= 4 is 5.91 Å². The molecular formula is C27H47NO2. The van der Waals surface area contributed by atoms with Gasteiger partial charge in [-0.05, 0) is 84.9 Å². The summed E-state index contributed by atoms with van der Waals surface area (Å²) in [6, 6.07) is 0.228. The van der Waals surface area contributed by atoms with Gasteiger partial charge in [-0.25, -0.2) is 0 Å². The molecule has 3 aliphatic carbocycles. The number of nitrogens with zero attached hydrogens (tertiary/aromatic N) is 1. The Morgan fingerprint density at radius 2 is 1.73 bits per heavy atom. The molecule has 1 N–H and O–H groups in total. The highest BCUT2D eigenvalue weighted by molar-refractivity contribution is 5.77. The third-order valence-electron chi connectivity index (χ3n) is 10.8. The summed E-state index contributed by atoms with van der Waals surface area (Å²) < 4.78 is 0. The summed E-state index contributed by atoms with van der Waals surface area (Å²) in [5.74, 6) is 4.41. The monoisotopic (exact) mass is 417 g/mol. The van der Waals surface area contributed by atoms with E-state index >= 15 is 0 Å². The van der Waals surface area contributed by atoms with Crippen LogP contribution in [0.25, 0.3) is 0 Å². The number of aliphatic hydroxyl groups is 1. The van der Waals surface area contributed by atoms with Crippen molar-refractivity contribution in [3.05, 3.63) is 0 Å². The topological polar surface area (TPSA) is 40.5 Å². The van der Waals surface area contributed by atoms with Crippen molar-refractivity contribution in [1.29, 1.82) is 0 Å². The predicted octanol–water partition coefficient (Wildman–Crippen LogP) is 5.90. The molecule has 0 radical (unpaired) electrons. The number of hydrogen-bond acceptors (Lipinski definition) is 2. The molecule has 0 aromatic carbocycles. The van der Waals surface area contributed by atoms with Crippen LogP contribution < -0.4 is 0 Å². The highest BCUT2D eigenvalue weighted by Gasteiger charge is 2.63. The number of rotatable bonds is 5. The Morgan fingerprint density at radius 3 is 2.43 bits per heavy atom. The van der Waals surface area contributed by atoms with Gasteiger partial charge in [-0.2, -0.15) is 0 Å². The average molecular weight is 418 g/mol. The van der Waals surface area contributed by atoms with Crippen LogP contribution in [0.15, 0.2) is 0 Å². The molecule has 1 saturated heterocycles. The largest absolute Gasteiger partial charge is 0.393 e. The standard InChI is InChI=1S/C27H47NO2/c1-17(2)8-7-9-18(3)19-10-11-20-25-21(12-14-26(19,20)4)27(5)15-13-24(30)28(6)23(27)16-22(25)29/h17-23,25,29H,7-16H2,1-6H3/t18-,19-,20+,21+,22+,23-,25+,26-,27-/m1/s1. The maximum atomic E-state index is 12.4. The van der Waals surface area contributed by atoms with Crippen LogP contribution in [0.2, 0.25) is 0 Å². The molecule has 4 fully saturated rings. The third-order valence-corrected chi connectivity index (χ3v) is 10.8. The van der Waals surface area contributed by atoms with E-state index in [2.05, 4.69) is 34.6 Å². The summed E-state index contributed by atoms with van der Waals surface area (Å²) in [5.41, 5.74) is 0.591. The van der Waals surface area contributed by atoms with Gasteiger partial charge in [0.25, 0.3) is 0 Å². The quantitative estimate of drug-likeness (QED) is 0.605. The first kappa shape index (κ1) is 22.6. The number of likely N-dealkylation sites (tertiary alicyclic amines) is 1. The fraction of sp³-hybridized carbons (Fsp3) is 0.963. The van der Waals surface area contributed by atoms with E-state index in [0.717, 1.165) is 30.6 Å². The van der Waals surface area contributed by atoms with Crippen LogP contribution in [0.1, 0.15) is 98.8 Å². The smallest absolute Gasteiger partial charge is 0.222 e. The molecular weight excluding hydrogens is 370 g/mol. The number of piperidine rings is 1. The minimum absolute atomic E-state index is 0.189. The molecule has 1 heterocycles. The molecule has 3 nitrogen and oxygen atoms in total. The highest BCUT2D eigenvalue weighted by Crippen LogP contribution is 2.67. The number of carbonyl (C=O) groups is 1. The van der Waals surface area contributed by atoms with Gasteiger partial charge in [0.15, 0.2) is 0 Å². The molecule has 3 saturated carbocycles. The Morgan fingerprint density at radius 1 is 1.03 bits per heavy atom. The fourth-order valence-corrected chi connectivity index (χ4v) is 9.11. The Labute approximate surface area is 185 Å². The summed E-state index contributed by atoms with van der Waals surface area (Å²) in [6.45, 7) is 12.2. The van der Waals surface area contributed by atoms with E-state index in [1.807, 2.05) is 11.9 Å². The number of fused-ring (bicyclic) bond motifs is 5. The van der Waals surface area contributed by atoms with Crippen molar-refractivity contribution < 1.29 is 9.90 Å². The minimum atomic E-state index is -0.235. The van der Waals surface area contributed by atoms with Crippen molar-refractivity contribution in [2.75, 3.05) is 7.05 Å². The number of aliphatic hydroxyl groups excluding tert-OH is 1. The maximum Gasteiger partial charge on any atom is 0.222 e. The predicted molar refractivity (Wildman–Crippen MR) is 123 cm³/mol. The summed E-state index contributed by atoms with van der Waals surface area (Å²) >= 11 is 0. The lowest BCUT2D eigenvalue weighted by molar-refractivity contribution is -0.181. The van der Waals surface area contributed by atoms with E-state index in [9.17, 15) is 9.90 Å². The molecule has 172 valence electrons. The van der Waals surface area contributed by atoms with Crippen molar-refractivity contribution in [2.24, 2.45) is 46.3 Å². The molecule has 0 aromatic rings. The first-order chi connectivity index (χ1) is 14.1. The molecule has 1 aliphatic heterocycles. The first-order valence-electron chi connectivity index (χ1n) is 13.0. The van der Waals surface area contributed by atoms with Gasteiger partial charge >= 0.3 is 0 Å². The molecule has 0 aromatic heterocycles. The molecule has 0 bridgehead atoms. The van der Waals surface area contributed by atoms with E-state index in [0.29, 0.717) is 29.6 Å². The zero-order valence-electron chi connectivity index (χ0n) is 20.5. The number of carbonyl (C=O) groups excluding carboxylic acids is 1. The Hall–Kier alpha value is -0.570. The van der Waals surface area contributed by atoms with Crippen LogP contribution in [0, 0.1) is 46.3 Å². The number of amides is 1. The van der Waals surface area contributed by atoms with Crippen LogP contribution in [0.5, 0.6) is 0 Å². The minimum Gasteiger partial charge on any atom is -0.393 e. The normalized spacial score (nSPS) is 47.1. The molecule has 4 aliphatic rings. The molecule has 30 heavy (non-hydrogen) atoms.